The summed E-state index contributed by atoms with van der Waals surface area (Å²) in [6.45, 7) is 3.60. The van der Waals surface area contributed by atoms with Gasteiger partial charge in [-0.2, -0.15) is 0 Å². The van der Waals surface area contributed by atoms with Crippen molar-refractivity contribution in [3.8, 4) is 0 Å². The van der Waals surface area contributed by atoms with Gasteiger partial charge >= 0.3 is 0 Å². The Morgan fingerprint density at radius 1 is 1.44 bits per heavy atom. The molecular weight excluding hydrogens is 122 g/mol. The predicted molar refractivity (Wildman–Crippen MR) is 32.8 cm³/mol. The lowest BCUT2D eigenvalue weighted by Gasteiger charge is -2.40. The zero-order chi connectivity index (χ0) is 7.07. The van der Waals surface area contributed by atoms with Crippen molar-refractivity contribution in [3.05, 3.63) is 0 Å². The van der Waals surface area contributed by atoms with Gasteiger partial charge in [0.05, 0.1) is 0 Å². The van der Waals surface area contributed by atoms with Crippen molar-refractivity contribution in [2.24, 2.45) is 5.92 Å². The average Bonchev–Trinajstić information content (AvgIpc) is 1.62. The van der Waals surface area contributed by atoms with E-state index in [0.29, 0.717) is 0 Å². The van der Waals surface area contributed by atoms with Crippen LogP contribution in [0.5, 0.6) is 0 Å². The van der Waals surface area contributed by atoms with Crippen LogP contribution in [0.3, 0.4) is 0 Å². The third kappa shape index (κ3) is 1.07. The van der Waals surface area contributed by atoms with E-state index in [0.717, 1.165) is 0 Å². The van der Waals surface area contributed by atoms with E-state index in [1.54, 1.807) is 13.8 Å². The van der Waals surface area contributed by atoms with E-state index in [-0.39, 0.29) is 18.8 Å². The number of hydrogen-bond acceptors (Lipinski definition) is 0. The van der Waals surface area contributed by atoms with Gasteiger partial charge in [-0.15, -0.1) is 0 Å². The highest BCUT2D eigenvalue weighted by molar-refractivity contribution is 4.96. The minimum Gasteiger partial charge on any atom is -0.247 e. The fourth-order valence-electron chi connectivity index (χ4n) is 1.15. The molecule has 0 aromatic rings. The van der Waals surface area contributed by atoms with Gasteiger partial charge in [-0.25, -0.2) is 8.78 Å². The molecule has 1 aliphatic rings. The first-order valence-electron chi connectivity index (χ1n) is 3.37. The lowest BCUT2D eigenvalue weighted by Crippen LogP contribution is -2.45. The molecule has 1 aliphatic carbocycles. The minimum atomic E-state index is -1.18. The van der Waals surface area contributed by atoms with E-state index >= 15 is 0 Å². The second-order valence-electron chi connectivity index (χ2n) is 3.19. The molecule has 0 saturated heterocycles. The van der Waals surface area contributed by atoms with Crippen molar-refractivity contribution in [2.75, 3.05) is 0 Å². The summed E-state index contributed by atoms with van der Waals surface area (Å²) in [6.07, 6.45) is -0.646. The summed E-state index contributed by atoms with van der Waals surface area (Å²) >= 11 is 0. The van der Waals surface area contributed by atoms with Crippen LogP contribution in [0.15, 0.2) is 0 Å². The monoisotopic (exact) mass is 134 g/mol. The van der Waals surface area contributed by atoms with Crippen LogP contribution < -0.4 is 0 Å². The molecule has 0 aromatic heterocycles. The van der Waals surface area contributed by atoms with Gasteiger partial charge in [-0.05, 0) is 5.92 Å². The van der Waals surface area contributed by atoms with E-state index < -0.39 is 11.8 Å². The average molecular weight is 134 g/mol. The Morgan fingerprint density at radius 3 is 2.00 bits per heavy atom. The molecule has 1 rings (SSSR count). The van der Waals surface area contributed by atoms with Crippen molar-refractivity contribution in [2.45, 2.75) is 38.5 Å². The molecule has 0 radical (unpaired) electrons. The Bertz CT molecular complexity index is 103. The van der Waals surface area contributed by atoms with Gasteiger partial charge in [-0.1, -0.05) is 13.8 Å². The molecule has 0 atom stereocenters. The molecule has 0 amide bonds. The van der Waals surface area contributed by atoms with Gasteiger partial charge < -0.3 is 0 Å². The summed E-state index contributed by atoms with van der Waals surface area (Å²) in [5.74, 6) is -0.0236. The number of hydrogen-bond donors (Lipinski definition) is 0. The molecule has 2 heteroatoms. The third-order valence-corrected chi connectivity index (χ3v) is 2.16. The van der Waals surface area contributed by atoms with E-state index in [9.17, 15) is 8.78 Å². The Labute approximate surface area is 54.3 Å². The van der Waals surface area contributed by atoms with Crippen LogP contribution in [0.2, 0.25) is 0 Å². The van der Waals surface area contributed by atoms with Crippen molar-refractivity contribution in [1.82, 2.24) is 0 Å². The smallest absolute Gasteiger partial charge is 0.118 e. The summed E-state index contributed by atoms with van der Waals surface area (Å²) in [5.41, 5.74) is -1.18. The summed E-state index contributed by atoms with van der Waals surface area (Å²) in [7, 11) is 0. The molecule has 0 nitrogen and oxygen atoms in total. The lowest BCUT2D eigenvalue weighted by atomic mass is 9.73. The summed E-state index contributed by atoms with van der Waals surface area (Å²) in [5, 5.41) is 0. The zero-order valence-electron chi connectivity index (χ0n) is 5.82. The van der Waals surface area contributed by atoms with Crippen molar-refractivity contribution < 1.29 is 8.78 Å². The maximum atomic E-state index is 13.0. The van der Waals surface area contributed by atoms with Crippen LogP contribution in [-0.4, -0.2) is 11.8 Å². The van der Waals surface area contributed by atoms with E-state index in [1.807, 2.05) is 0 Å². The fraction of sp³-hybridized carbons (Fsp3) is 1.00. The molecule has 0 unspecified atom stereocenters. The summed E-state index contributed by atoms with van der Waals surface area (Å²) in [4.78, 5) is 0. The van der Waals surface area contributed by atoms with Crippen LogP contribution in [0.4, 0.5) is 8.78 Å². The fourth-order valence-corrected chi connectivity index (χ4v) is 1.15. The molecule has 54 valence electrons. The number of halogens is 2. The Hall–Kier alpha value is -0.140. The zero-order valence-corrected chi connectivity index (χ0v) is 5.82. The summed E-state index contributed by atoms with van der Waals surface area (Å²) in [6, 6.07) is 0. The molecule has 1 fully saturated rings. The molecule has 0 heterocycles. The van der Waals surface area contributed by atoms with Gasteiger partial charge in [0, 0.05) is 12.8 Å². The van der Waals surface area contributed by atoms with Gasteiger partial charge in [0.25, 0.3) is 0 Å². The number of alkyl halides is 2. The largest absolute Gasteiger partial charge is 0.247 e. The highest BCUT2D eigenvalue weighted by Crippen LogP contribution is 2.43. The second kappa shape index (κ2) is 1.93. The molecule has 0 aliphatic heterocycles. The topological polar surface area (TPSA) is 0 Å². The van der Waals surface area contributed by atoms with Crippen LogP contribution >= 0.6 is 0 Å². The molecule has 0 spiro atoms. The Morgan fingerprint density at radius 2 is 1.89 bits per heavy atom. The number of rotatable bonds is 1. The van der Waals surface area contributed by atoms with Gasteiger partial charge in [0.1, 0.15) is 11.8 Å². The Balaban J connectivity index is 2.40. The van der Waals surface area contributed by atoms with Gasteiger partial charge in [-0.3, -0.25) is 0 Å². The van der Waals surface area contributed by atoms with E-state index in [2.05, 4.69) is 0 Å². The lowest BCUT2D eigenvalue weighted by molar-refractivity contribution is -0.0472. The molecule has 0 aromatic carbocycles. The summed E-state index contributed by atoms with van der Waals surface area (Å²) < 4.78 is 25.2. The maximum absolute atomic E-state index is 13.0. The molecule has 9 heavy (non-hydrogen) atoms. The first kappa shape index (κ1) is 6.97. The highest BCUT2D eigenvalue weighted by atomic mass is 19.2. The van der Waals surface area contributed by atoms with Crippen LogP contribution in [0.25, 0.3) is 0 Å². The first-order chi connectivity index (χ1) is 4.04. The normalized spacial score (nSPS) is 43.0. The van der Waals surface area contributed by atoms with Crippen molar-refractivity contribution in [3.63, 3.8) is 0 Å². The minimum absolute atomic E-state index is 0.0236. The highest BCUT2D eigenvalue weighted by Gasteiger charge is 2.47. The van der Waals surface area contributed by atoms with Crippen molar-refractivity contribution in [1.29, 1.82) is 0 Å². The molecule has 1 saturated carbocycles. The SMILES string of the molecule is CC(C)C1(F)CC(F)C1. The quantitative estimate of drug-likeness (QED) is 0.516. The standard InChI is InChI=1S/C7H12F2/c1-5(2)7(9)3-6(8)4-7/h5-6H,3-4H2,1-2H3. The first-order valence-corrected chi connectivity index (χ1v) is 3.37. The predicted octanol–water partition coefficient (Wildman–Crippen LogP) is 2.48. The van der Waals surface area contributed by atoms with E-state index in [4.69, 9.17) is 0 Å². The molecular formula is C7H12F2. The molecule has 0 N–H and O–H groups in total. The second-order valence-corrected chi connectivity index (χ2v) is 3.19. The molecule has 0 bridgehead atoms. The van der Waals surface area contributed by atoms with Crippen molar-refractivity contribution >= 4 is 0 Å². The van der Waals surface area contributed by atoms with E-state index in [1.165, 1.54) is 0 Å². The van der Waals surface area contributed by atoms with Gasteiger partial charge in [0.2, 0.25) is 0 Å². The van der Waals surface area contributed by atoms with Crippen LogP contribution in [-0.2, 0) is 0 Å². The maximum Gasteiger partial charge on any atom is 0.118 e. The third-order valence-electron chi connectivity index (χ3n) is 2.16. The van der Waals surface area contributed by atoms with Crippen LogP contribution in [0, 0.1) is 5.92 Å². The van der Waals surface area contributed by atoms with Crippen LogP contribution in [0.1, 0.15) is 26.7 Å². The Kier molecular flexibility index (Phi) is 1.49. The van der Waals surface area contributed by atoms with Gasteiger partial charge in [0.15, 0.2) is 0 Å².